The van der Waals surface area contributed by atoms with Crippen molar-refractivity contribution in [3.8, 4) is 0 Å². The highest BCUT2D eigenvalue weighted by atomic mass is 19.1. The molecule has 4 heteroatoms. The van der Waals surface area contributed by atoms with E-state index in [0.717, 1.165) is 18.7 Å². The normalized spacial score (nSPS) is 15.7. The van der Waals surface area contributed by atoms with Gasteiger partial charge >= 0.3 is 0 Å². The van der Waals surface area contributed by atoms with Crippen molar-refractivity contribution in [2.24, 2.45) is 0 Å². The molecular weight excluding hydrogens is 281 g/mol. The fourth-order valence-electron chi connectivity index (χ4n) is 2.67. The number of carbonyl (C=O) groups excluding carboxylic acids is 1. The molecule has 1 saturated heterocycles. The molecular formula is C18H18FNO2. The van der Waals surface area contributed by atoms with Gasteiger partial charge in [0.2, 0.25) is 0 Å². The minimum Gasteiger partial charge on any atom is -0.379 e. The number of morpholine rings is 1. The fraction of sp³-hybridized carbons (Fsp3) is 0.278. The van der Waals surface area contributed by atoms with E-state index in [-0.39, 0.29) is 11.3 Å². The zero-order chi connectivity index (χ0) is 15.4. The van der Waals surface area contributed by atoms with Crippen LogP contribution in [-0.4, -0.2) is 37.0 Å². The lowest BCUT2D eigenvalue weighted by atomic mass is 9.97. The van der Waals surface area contributed by atoms with Crippen LogP contribution in [0, 0.1) is 5.82 Å². The van der Waals surface area contributed by atoms with Crippen LogP contribution >= 0.6 is 0 Å². The lowest BCUT2D eigenvalue weighted by Gasteiger charge is -2.27. The van der Waals surface area contributed by atoms with Gasteiger partial charge in [0.1, 0.15) is 5.82 Å². The summed E-state index contributed by atoms with van der Waals surface area (Å²) in [5.74, 6) is -0.740. The van der Waals surface area contributed by atoms with Crippen LogP contribution in [0.4, 0.5) is 4.39 Å². The summed E-state index contributed by atoms with van der Waals surface area (Å²) in [4.78, 5) is 14.9. The van der Waals surface area contributed by atoms with Crippen molar-refractivity contribution in [2.45, 2.75) is 6.54 Å². The molecule has 0 bridgehead atoms. The summed E-state index contributed by atoms with van der Waals surface area (Å²) >= 11 is 0. The first-order valence-electron chi connectivity index (χ1n) is 7.43. The Hall–Kier alpha value is -2.04. The van der Waals surface area contributed by atoms with Crippen LogP contribution in [0.1, 0.15) is 21.5 Å². The number of ketones is 1. The predicted molar refractivity (Wildman–Crippen MR) is 82.4 cm³/mol. The van der Waals surface area contributed by atoms with Crippen LogP contribution in [0.25, 0.3) is 0 Å². The molecule has 1 heterocycles. The van der Waals surface area contributed by atoms with E-state index in [2.05, 4.69) is 4.90 Å². The van der Waals surface area contributed by atoms with E-state index in [1.54, 1.807) is 18.2 Å². The summed E-state index contributed by atoms with van der Waals surface area (Å²) in [7, 11) is 0. The van der Waals surface area contributed by atoms with Gasteiger partial charge in [-0.3, -0.25) is 9.69 Å². The van der Waals surface area contributed by atoms with Gasteiger partial charge in [0.15, 0.2) is 5.78 Å². The van der Waals surface area contributed by atoms with Gasteiger partial charge < -0.3 is 4.74 Å². The zero-order valence-corrected chi connectivity index (χ0v) is 12.3. The quantitative estimate of drug-likeness (QED) is 0.813. The van der Waals surface area contributed by atoms with Gasteiger partial charge in [0, 0.05) is 25.2 Å². The van der Waals surface area contributed by atoms with Crippen molar-refractivity contribution in [1.82, 2.24) is 4.90 Å². The Labute approximate surface area is 129 Å². The largest absolute Gasteiger partial charge is 0.379 e. The second-order valence-electron chi connectivity index (χ2n) is 5.35. The Kier molecular flexibility index (Phi) is 4.61. The number of ether oxygens (including phenoxy) is 1. The predicted octanol–water partition coefficient (Wildman–Crippen LogP) is 2.89. The highest BCUT2D eigenvalue weighted by Crippen LogP contribution is 2.19. The smallest absolute Gasteiger partial charge is 0.196 e. The van der Waals surface area contributed by atoms with Crippen LogP contribution in [0.3, 0.4) is 0 Å². The van der Waals surface area contributed by atoms with E-state index in [1.807, 2.05) is 18.2 Å². The second-order valence-corrected chi connectivity index (χ2v) is 5.35. The highest BCUT2D eigenvalue weighted by molar-refractivity contribution is 6.10. The van der Waals surface area contributed by atoms with E-state index >= 15 is 0 Å². The number of benzene rings is 2. The van der Waals surface area contributed by atoms with E-state index in [9.17, 15) is 9.18 Å². The van der Waals surface area contributed by atoms with Crippen molar-refractivity contribution in [3.05, 3.63) is 71.0 Å². The molecule has 0 aromatic heterocycles. The molecule has 114 valence electrons. The number of rotatable bonds is 4. The van der Waals surface area contributed by atoms with Crippen molar-refractivity contribution in [2.75, 3.05) is 26.3 Å². The lowest BCUT2D eigenvalue weighted by Crippen LogP contribution is -2.36. The standard InChI is InChI=1S/C18H18FNO2/c19-17-8-4-3-7-16(17)18(21)15-6-2-1-5-14(15)13-20-9-11-22-12-10-20/h1-8H,9-13H2. The third-order valence-corrected chi connectivity index (χ3v) is 3.88. The van der Waals surface area contributed by atoms with E-state index < -0.39 is 5.82 Å². The fourth-order valence-corrected chi connectivity index (χ4v) is 2.67. The van der Waals surface area contributed by atoms with E-state index in [1.165, 1.54) is 12.1 Å². The average Bonchev–Trinajstić information content (AvgIpc) is 2.56. The van der Waals surface area contributed by atoms with Crippen LogP contribution in [0.5, 0.6) is 0 Å². The topological polar surface area (TPSA) is 29.5 Å². The monoisotopic (exact) mass is 299 g/mol. The van der Waals surface area contributed by atoms with Gasteiger partial charge in [-0.25, -0.2) is 4.39 Å². The molecule has 3 rings (SSSR count). The maximum Gasteiger partial charge on any atom is 0.196 e. The Morgan fingerprint density at radius 3 is 2.36 bits per heavy atom. The molecule has 0 aliphatic carbocycles. The van der Waals surface area contributed by atoms with Crippen molar-refractivity contribution < 1.29 is 13.9 Å². The Bertz CT molecular complexity index is 666. The molecule has 0 saturated carbocycles. The van der Waals surface area contributed by atoms with Gasteiger partial charge in [-0.1, -0.05) is 36.4 Å². The number of hydrogen-bond acceptors (Lipinski definition) is 3. The molecule has 0 amide bonds. The Morgan fingerprint density at radius 2 is 1.64 bits per heavy atom. The molecule has 0 spiro atoms. The summed E-state index contributed by atoms with van der Waals surface area (Å²) in [6, 6.07) is 13.5. The molecule has 2 aromatic carbocycles. The molecule has 1 fully saturated rings. The van der Waals surface area contributed by atoms with Crippen molar-refractivity contribution in [3.63, 3.8) is 0 Å². The van der Waals surface area contributed by atoms with Crippen LogP contribution in [0.15, 0.2) is 48.5 Å². The third kappa shape index (κ3) is 3.24. The van der Waals surface area contributed by atoms with Crippen LogP contribution in [-0.2, 0) is 11.3 Å². The molecule has 1 aliphatic heterocycles. The van der Waals surface area contributed by atoms with Gasteiger partial charge in [-0.2, -0.15) is 0 Å². The maximum absolute atomic E-state index is 13.9. The van der Waals surface area contributed by atoms with Crippen molar-refractivity contribution >= 4 is 5.78 Å². The van der Waals surface area contributed by atoms with Gasteiger partial charge in [0.05, 0.1) is 18.8 Å². The molecule has 0 N–H and O–H groups in total. The first kappa shape index (κ1) is 14.9. The molecule has 0 radical (unpaired) electrons. The Balaban J connectivity index is 1.87. The summed E-state index contributed by atoms with van der Waals surface area (Å²) in [5.41, 5.74) is 1.62. The molecule has 22 heavy (non-hydrogen) atoms. The van der Waals surface area contributed by atoms with Crippen LogP contribution < -0.4 is 0 Å². The van der Waals surface area contributed by atoms with Gasteiger partial charge in [-0.15, -0.1) is 0 Å². The molecule has 3 nitrogen and oxygen atoms in total. The van der Waals surface area contributed by atoms with E-state index in [4.69, 9.17) is 4.74 Å². The average molecular weight is 299 g/mol. The number of halogens is 1. The zero-order valence-electron chi connectivity index (χ0n) is 12.3. The second kappa shape index (κ2) is 6.81. The maximum atomic E-state index is 13.9. The highest BCUT2D eigenvalue weighted by Gasteiger charge is 2.18. The molecule has 0 atom stereocenters. The number of hydrogen-bond donors (Lipinski definition) is 0. The van der Waals surface area contributed by atoms with Crippen LogP contribution in [0.2, 0.25) is 0 Å². The van der Waals surface area contributed by atoms with E-state index in [0.29, 0.717) is 25.3 Å². The van der Waals surface area contributed by atoms with Crippen molar-refractivity contribution in [1.29, 1.82) is 0 Å². The Morgan fingerprint density at radius 1 is 1.00 bits per heavy atom. The molecule has 0 unspecified atom stereocenters. The number of nitrogens with zero attached hydrogens (tertiary/aromatic N) is 1. The summed E-state index contributed by atoms with van der Waals surface area (Å²) in [6.45, 7) is 3.80. The lowest BCUT2D eigenvalue weighted by molar-refractivity contribution is 0.0341. The first-order valence-corrected chi connectivity index (χ1v) is 7.43. The van der Waals surface area contributed by atoms with Gasteiger partial charge in [-0.05, 0) is 17.7 Å². The van der Waals surface area contributed by atoms with Gasteiger partial charge in [0.25, 0.3) is 0 Å². The SMILES string of the molecule is O=C(c1ccccc1F)c1ccccc1CN1CCOCC1. The minimum absolute atomic E-state index is 0.122. The summed E-state index contributed by atoms with van der Waals surface area (Å²) < 4.78 is 19.2. The number of carbonyl (C=O) groups is 1. The summed E-state index contributed by atoms with van der Waals surface area (Å²) in [6.07, 6.45) is 0. The first-order chi connectivity index (χ1) is 10.8. The molecule has 2 aromatic rings. The third-order valence-electron chi connectivity index (χ3n) is 3.88. The molecule has 1 aliphatic rings. The minimum atomic E-state index is -0.478. The summed E-state index contributed by atoms with van der Waals surface area (Å²) in [5, 5.41) is 0.